The number of rotatable bonds is 5. The molecule has 0 aliphatic heterocycles. The quantitative estimate of drug-likeness (QED) is 0.585. The van der Waals surface area contributed by atoms with Crippen LogP contribution >= 0.6 is 0 Å². The van der Waals surface area contributed by atoms with E-state index < -0.39 is 11.0 Å². The van der Waals surface area contributed by atoms with Crippen molar-refractivity contribution in [2.24, 2.45) is 0 Å². The van der Waals surface area contributed by atoms with E-state index in [2.05, 4.69) is 0 Å². The lowest BCUT2D eigenvalue weighted by Gasteiger charge is -2.08. The number of non-ortho nitro benzene ring substituents is 1. The number of aliphatic hydroxyl groups excluding tert-OH is 1. The van der Waals surface area contributed by atoms with Crippen LogP contribution in [0.5, 0.6) is 0 Å². The van der Waals surface area contributed by atoms with E-state index in [9.17, 15) is 15.2 Å². The van der Waals surface area contributed by atoms with Crippen molar-refractivity contribution in [3.8, 4) is 0 Å². The first-order valence-corrected chi connectivity index (χ1v) is 4.54. The van der Waals surface area contributed by atoms with Gasteiger partial charge < -0.3 is 9.84 Å². The lowest BCUT2D eigenvalue weighted by molar-refractivity contribution is -0.384. The molecule has 5 heteroatoms. The molecule has 15 heavy (non-hydrogen) atoms. The predicted octanol–water partition coefficient (Wildman–Crippen LogP) is 1.14. The molecule has 0 amide bonds. The Hall–Kier alpha value is -1.46. The Kier molecular flexibility index (Phi) is 4.20. The summed E-state index contributed by atoms with van der Waals surface area (Å²) in [4.78, 5) is 9.92. The van der Waals surface area contributed by atoms with E-state index in [4.69, 9.17) is 4.74 Å². The van der Waals surface area contributed by atoms with Crippen molar-refractivity contribution in [1.29, 1.82) is 0 Å². The summed E-state index contributed by atoms with van der Waals surface area (Å²) in [6.45, 7) is 0.261. The second kappa shape index (κ2) is 5.43. The number of nitro groups is 1. The molecule has 0 radical (unpaired) electrons. The van der Waals surface area contributed by atoms with Gasteiger partial charge in [0.25, 0.3) is 5.69 Å². The van der Waals surface area contributed by atoms with Crippen LogP contribution in [0.1, 0.15) is 5.56 Å². The van der Waals surface area contributed by atoms with Gasteiger partial charge in [-0.2, -0.15) is 0 Å². The van der Waals surface area contributed by atoms with Gasteiger partial charge in [0, 0.05) is 25.7 Å². The first kappa shape index (κ1) is 11.6. The lowest BCUT2D eigenvalue weighted by Crippen LogP contribution is -2.16. The molecule has 0 aliphatic carbocycles. The number of aliphatic hydroxyl groups is 1. The van der Waals surface area contributed by atoms with Crippen LogP contribution in [0.3, 0.4) is 0 Å². The Bertz CT molecular complexity index is 323. The van der Waals surface area contributed by atoms with E-state index in [1.54, 1.807) is 12.1 Å². The second-order valence-corrected chi connectivity index (χ2v) is 3.24. The van der Waals surface area contributed by atoms with Crippen molar-refractivity contribution in [1.82, 2.24) is 0 Å². The molecule has 0 saturated heterocycles. The molecule has 0 bridgehead atoms. The van der Waals surface area contributed by atoms with Gasteiger partial charge in [-0.15, -0.1) is 0 Å². The van der Waals surface area contributed by atoms with E-state index in [-0.39, 0.29) is 12.3 Å². The highest BCUT2D eigenvalue weighted by molar-refractivity contribution is 5.33. The highest BCUT2D eigenvalue weighted by atomic mass is 16.6. The number of hydrogen-bond donors (Lipinski definition) is 1. The monoisotopic (exact) mass is 211 g/mol. The zero-order chi connectivity index (χ0) is 11.3. The maximum atomic E-state index is 10.4. The molecule has 0 fully saturated rings. The fraction of sp³-hybridized carbons (Fsp3) is 0.400. The topological polar surface area (TPSA) is 72.6 Å². The molecule has 1 unspecified atom stereocenters. The summed E-state index contributed by atoms with van der Waals surface area (Å²) in [5.41, 5.74) is 0.908. The third-order valence-electron chi connectivity index (χ3n) is 1.98. The fourth-order valence-corrected chi connectivity index (χ4v) is 1.28. The molecule has 0 saturated carbocycles. The SMILES string of the molecule is COCC(O)Cc1ccc([N+](=O)[O-])cc1. The largest absolute Gasteiger partial charge is 0.390 e. The summed E-state index contributed by atoms with van der Waals surface area (Å²) < 4.78 is 4.78. The van der Waals surface area contributed by atoms with Crippen LogP contribution in [0, 0.1) is 10.1 Å². The van der Waals surface area contributed by atoms with Crippen molar-refractivity contribution in [3.05, 3.63) is 39.9 Å². The maximum Gasteiger partial charge on any atom is 0.269 e. The van der Waals surface area contributed by atoms with Gasteiger partial charge in [0.05, 0.1) is 17.6 Å². The number of nitrogens with zero attached hydrogens (tertiary/aromatic N) is 1. The molecule has 0 aliphatic rings. The second-order valence-electron chi connectivity index (χ2n) is 3.24. The van der Waals surface area contributed by atoms with Gasteiger partial charge in [-0.3, -0.25) is 10.1 Å². The Morgan fingerprint density at radius 2 is 2.07 bits per heavy atom. The molecule has 0 aromatic heterocycles. The van der Waals surface area contributed by atoms with Crippen LogP contribution in [0.4, 0.5) is 5.69 Å². The van der Waals surface area contributed by atoms with Crippen molar-refractivity contribution >= 4 is 5.69 Å². The summed E-state index contributed by atoms with van der Waals surface area (Å²) in [5.74, 6) is 0. The van der Waals surface area contributed by atoms with Crippen molar-refractivity contribution in [3.63, 3.8) is 0 Å². The Morgan fingerprint density at radius 3 is 2.53 bits per heavy atom. The van der Waals surface area contributed by atoms with Gasteiger partial charge >= 0.3 is 0 Å². The van der Waals surface area contributed by atoms with Crippen molar-refractivity contribution in [2.75, 3.05) is 13.7 Å². The lowest BCUT2D eigenvalue weighted by atomic mass is 10.1. The van der Waals surface area contributed by atoms with Gasteiger partial charge in [0.2, 0.25) is 0 Å². The number of nitro benzene ring substituents is 1. The molecular weight excluding hydrogens is 198 g/mol. The Labute approximate surface area is 87.5 Å². The van der Waals surface area contributed by atoms with Crippen LogP contribution in [-0.4, -0.2) is 29.9 Å². The minimum absolute atomic E-state index is 0.0555. The number of methoxy groups -OCH3 is 1. The summed E-state index contributed by atoms with van der Waals surface area (Å²) in [6, 6.07) is 6.12. The first-order chi connectivity index (χ1) is 7.13. The van der Waals surface area contributed by atoms with Crippen LogP contribution in [-0.2, 0) is 11.2 Å². The van der Waals surface area contributed by atoms with Gasteiger partial charge in [-0.05, 0) is 5.56 Å². The van der Waals surface area contributed by atoms with Gasteiger partial charge in [-0.25, -0.2) is 0 Å². The molecule has 1 atom stereocenters. The minimum atomic E-state index is -0.573. The highest BCUT2D eigenvalue weighted by Gasteiger charge is 2.07. The van der Waals surface area contributed by atoms with Gasteiger partial charge in [0.15, 0.2) is 0 Å². The minimum Gasteiger partial charge on any atom is -0.390 e. The van der Waals surface area contributed by atoms with Crippen molar-refractivity contribution in [2.45, 2.75) is 12.5 Å². The normalized spacial score (nSPS) is 12.4. The number of ether oxygens (including phenoxy) is 1. The predicted molar refractivity (Wildman–Crippen MR) is 54.7 cm³/mol. The van der Waals surface area contributed by atoms with Crippen LogP contribution < -0.4 is 0 Å². The van der Waals surface area contributed by atoms with Crippen LogP contribution in [0.2, 0.25) is 0 Å². The number of hydrogen-bond acceptors (Lipinski definition) is 4. The van der Waals surface area contributed by atoms with E-state index >= 15 is 0 Å². The third kappa shape index (κ3) is 3.65. The molecule has 82 valence electrons. The van der Waals surface area contributed by atoms with E-state index in [1.165, 1.54) is 19.2 Å². The summed E-state index contributed by atoms with van der Waals surface area (Å²) in [7, 11) is 1.51. The van der Waals surface area contributed by atoms with Gasteiger partial charge in [0.1, 0.15) is 0 Å². The Balaban J connectivity index is 2.60. The Morgan fingerprint density at radius 1 is 1.47 bits per heavy atom. The maximum absolute atomic E-state index is 10.4. The molecule has 0 heterocycles. The summed E-state index contributed by atoms with van der Waals surface area (Å²) in [5, 5.41) is 19.8. The highest BCUT2D eigenvalue weighted by Crippen LogP contribution is 2.13. The molecule has 1 aromatic carbocycles. The van der Waals surface area contributed by atoms with E-state index in [1.807, 2.05) is 0 Å². The summed E-state index contributed by atoms with van der Waals surface area (Å²) >= 11 is 0. The first-order valence-electron chi connectivity index (χ1n) is 4.54. The van der Waals surface area contributed by atoms with E-state index in [0.717, 1.165) is 5.56 Å². The fourth-order valence-electron chi connectivity index (χ4n) is 1.28. The molecule has 5 nitrogen and oxygen atoms in total. The van der Waals surface area contributed by atoms with Crippen LogP contribution in [0.15, 0.2) is 24.3 Å². The molecule has 1 rings (SSSR count). The molecular formula is C10H13NO4. The van der Waals surface area contributed by atoms with Crippen molar-refractivity contribution < 1.29 is 14.8 Å². The molecule has 1 N–H and O–H groups in total. The molecule has 1 aromatic rings. The number of benzene rings is 1. The average molecular weight is 211 g/mol. The zero-order valence-electron chi connectivity index (χ0n) is 8.42. The van der Waals surface area contributed by atoms with Gasteiger partial charge in [-0.1, -0.05) is 12.1 Å². The standard InChI is InChI=1S/C10H13NO4/c1-15-7-10(12)6-8-2-4-9(5-3-8)11(13)14/h2-5,10,12H,6-7H2,1H3. The van der Waals surface area contributed by atoms with E-state index in [0.29, 0.717) is 6.42 Å². The summed E-state index contributed by atoms with van der Waals surface area (Å²) in [6.07, 6.45) is -0.136. The van der Waals surface area contributed by atoms with Crippen LogP contribution in [0.25, 0.3) is 0 Å². The third-order valence-corrected chi connectivity index (χ3v) is 1.98. The zero-order valence-corrected chi connectivity index (χ0v) is 8.42. The molecule has 0 spiro atoms. The smallest absolute Gasteiger partial charge is 0.269 e. The average Bonchev–Trinajstić information content (AvgIpc) is 2.18.